The van der Waals surface area contributed by atoms with Gasteiger partial charge in [0, 0.05) is 31.6 Å². The number of nitrogens with one attached hydrogen (secondary N) is 2. The minimum atomic E-state index is -0.158. The highest BCUT2D eigenvalue weighted by molar-refractivity contribution is 6.04. The molecule has 6 nitrogen and oxygen atoms in total. The first kappa shape index (κ1) is 18.5. The van der Waals surface area contributed by atoms with E-state index < -0.39 is 0 Å². The molecule has 2 heterocycles. The lowest BCUT2D eigenvalue weighted by Crippen LogP contribution is -2.32. The molecule has 1 unspecified atom stereocenters. The molecular weight excluding hydrogens is 328 g/mol. The number of carbonyl (C=O) groups excluding carboxylic acids is 1. The average Bonchev–Trinajstić information content (AvgIpc) is 3.48. The van der Waals surface area contributed by atoms with Crippen LogP contribution in [0.2, 0.25) is 0 Å². The maximum atomic E-state index is 12.6. The maximum Gasteiger partial charge on any atom is 0.255 e. The standard InChI is InChI=1S/C20H26N4O2/c1-13(2)17-7-8-21-12-18(17)24-19(25)15-6-9-22-16(10-15)11-23-20(26-3)14-4-5-14/h6-10,12-14,20,23H,4-5,11H2,1-3H3,(H,24,25). The zero-order valence-corrected chi connectivity index (χ0v) is 15.5. The van der Waals surface area contributed by atoms with Gasteiger partial charge in [-0.25, -0.2) is 0 Å². The summed E-state index contributed by atoms with van der Waals surface area (Å²) < 4.78 is 5.46. The Morgan fingerprint density at radius 1 is 1.31 bits per heavy atom. The van der Waals surface area contributed by atoms with Crippen molar-refractivity contribution in [1.82, 2.24) is 15.3 Å². The molecule has 1 amide bonds. The molecule has 0 spiro atoms. The first-order valence-corrected chi connectivity index (χ1v) is 9.05. The molecule has 26 heavy (non-hydrogen) atoms. The van der Waals surface area contributed by atoms with Gasteiger partial charge in [-0.2, -0.15) is 0 Å². The number of carbonyl (C=O) groups is 1. The van der Waals surface area contributed by atoms with Crippen molar-refractivity contribution in [3.05, 3.63) is 53.6 Å². The summed E-state index contributed by atoms with van der Waals surface area (Å²) in [6.45, 7) is 4.75. The fourth-order valence-corrected chi connectivity index (χ4v) is 2.97. The monoisotopic (exact) mass is 354 g/mol. The molecule has 1 aliphatic carbocycles. The van der Waals surface area contributed by atoms with E-state index in [1.54, 1.807) is 31.8 Å². The summed E-state index contributed by atoms with van der Waals surface area (Å²) in [5, 5.41) is 6.33. The fraction of sp³-hybridized carbons (Fsp3) is 0.450. The van der Waals surface area contributed by atoms with E-state index >= 15 is 0 Å². The van der Waals surface area contributed by atoms with Crippen LogP contribution in [0, 0.1) is 5.92 Å². The zero-order chi connectivity index (χ0) is 18.5. The molecule has 2 aromatic rings. The molecule has 2 aromatic heterocycles. The third-order valence-electron chi connectivity index (χ3n) is 4.59. The van der Waals surface area contributed by atoms with E-state index in [9.17, 15) is 4.79 Å². The average molecular weight is 354 g/mol. The van der Waals surface area contributed by atoms with Crippen molar-refractivity contribution in [2.24, 2.45) is 5.92 Å². The van der Waals surface area contributed by atoms with E-state index in [1.807, 2.05) is 12.1 Å². The third kappa shape index (κ3) is 4.65. The molecule has 1 saturated carbocycles. The van der Waals surface area contributed by atoms with Crippen molar-refractivity contribution in [3.8, 4) is 0 Å². The summed E-state index contributed by atoms with van der Waals surface area (Å²) in [6.07, 6.45) is 7.55. The lowest BCUT2D eigenvalue weighted by Gasteiger charge is -2.16. The van der Waals surface area contributed by atoms with Crippen LogP contribution in [0.1, 0.15) is 54.2 Å². The summed E-state index contributed by atoms with van der Waals surface area (Å²) in [5.41, 5.74) is 3.21. The first-order chi connectivity index (χ1) is 12.6. The van der Waals surface area contributed by atoms with Crippen molar-refractivity contribution in [2.45, 2.75) is 45.4 Å². The molecule has 1 fully saturated rings. The number of hydrogen-bond acceptors (Lipinski definition) is 5. The number of rotatable bonds is 8. The van der Waals surface area contributed by atoms with Crippen molar-refractivity contribution in [2.75, 3.05) is 12.4 Å². The summed E-state index contributed by atoms with van der Waals surface area (Å²) in [7, 11) is 1.72. The van der Waals surface area contributed by atoms with Gasteiger partial charge >= 0.3 is 0 Å². The summed E-state index contributed by atoms with van der Waals surface area (Å²) in [5.74, 6) is 0.736. The first-order valence-electron chi connectivity index (χ1n) is 9.05. The lowest BCUT2D eigenvalue weighted by atomic mass is 10.0. The minimum absolute atomic E-state index is 0.0540. The molecule has 1 atom stereocenters. The topological polar surface area (TPSA) is 76.1 Å². The summed E-state index contributed by atoms with van der Waals surface area (Å²) in [4.78, 5) is 21.1. The Bertz CT molecular complexity index is 759. The van der Waals surface area contributed by atoms with Gasteiger partial charge in [0.05, 0.1) is 17.6 Å². The summed E-state index contributed by atoms with van der Waals surface area (Å²) >= 11 is 0. The van der Waals surface area contributed by atoms with Gasteiger partial charge in [-0.3, -0.25) is 20.1 Å². The highest BCUT2D eigenvalue weighted by atomic mass is 16.5. The Kier molecular flexibility index (Phi) is 5.96. The van der Waals surface area contributed by atoms with Crippen LogP contribution in [-0.4, -0.2) is 29.2 Å². The number of hydrogen-bond donors (Lipinski definition) is 2. The fourth-order valence-electron chi connectivity index (χ4n) is 2.97. The number of nitrogens with zero attached hydrogens (tertiary/aromatic N) is 2. The highest BCUT2D eigenvalue weighted by Crippen LogP contribution is 2.32. The van der Waals surface area contributed by atoms with Crippen LogP contribution in [0.15, 0.2) is 36.8 Å². The Balaban J connectivity index is 1.66. The second kappa shape index (κ2) is 8.38. The molecule has 0 aliphatic heterocycles. The summed E-state index contributed by atoms with van der Waals surface area (Å²) in [6, 6.07) is 5.47. The molecule has 0 saturated heterocycles. The van der Waals surface area contributed by atoms with Crippen molar-refractivity contribution in [1.29, 1.82) is 0 Å². The molecular formula is C20H26N4O2. The SMILES string of the molecule is COC(NCc1cc(C(=O)Nc2cnccc2C(C)C)ccn1)C1CC1. The molecule has 3 rings (SSSR count). The largest absolute Gasteiger partial charge is 0.366 e. The van der Waals surface area contributed by atoms with Crippen LogP contribution in [-0.2, 0) is 11.3 Å². The van der Waals surface area contributed by atoms with Gasteiger partial charge in [-0.05, 0) is 48.4 Å². The number of methoxy groups -OCH3 is 1. The molecule has 0 bridgehead atoms. The van der Waals surface area contributed by atoms with Crippen LogP contribution in [0.5, 0.6) is 0 Å². The maximum absolute atomic E-state index is 12.6. The smallest absolute Gasteiger partial charge is 0.255 e. The minimum Gasteiger partial charge on any atom is -0.366 e. The molecule has 138 valence electrons. The third-order valence-corrected chi connectivity index (χ3v) is 4.59. The number of aromatic nitrogens is 2. The van der Waals surface area contributed by atoms with Gasteiger partial charge in [0.15, 0.2) is 0 Å². The number of pyridine rings is 2. The van der Waals surface area contributed by atoms with E-state index in [0.717, 1.165) is 16.9 Å². The Morgan fingerprint density at radius 2 is 2.12 bits per heavy atom. The van der Waals surface area contributed by atoms with Gasteiger partial charge in [-0.15, -0.1) is 0 Å². The Morgan fingerprint density at radius 3 is 2.81 bits per heavy atom. The zero-order valence-electron chi connectivity index (χ0n) is 15.5. The molecule has 6 heteroatoms. The van der Waals surface area contributed by atoms with Gasteiger partial charge in [0.1, 0.15) is 6.23 Å². The van der Waals surface area contributed by atoms with Crippen molar-refractivity contribution in [3.63, 3.8) is 0 Å². The molecule has 1 aliphatic rings. The molecule has 0 aromatic carbocycles. The normalized spacial score (nSPS) is 15.1. The van der Waals surface area contributed by atoms with Crippen LogP contribution in [0.4, 0.5) is 5.69 Å². The predicted octanol–water partition coefficient (Wildman–Crippen LogP) is 3.32. The van der Waals surface area contributed by atoms with Gasteiger partial charge in [-0.1, -0.05) is 13.8 Å². The van der Waals surface area contributed by atoms with Crippen molar-refractivity contribution >= 4 is 11.6 Å². The number of anilines is 1. The van der Waals surface area contributed by atoms with Gasteiger partial charge in [0.25, 0.3) is 5.91 Å². The van der Waals surface area contributed by atoms with E-state index in [2.05, 4.69) is 34.4 Å². The van der Waals surface area contributed by atoms with Crippen LogP contribution in [0.3, 0.4) is 0 Å². The van der Waals surface area contributed by atoms with Crippen LogP contribution >= 0.6 is 0 Å². The van der Waals surface area contributed by atoms with E-state index in [-0.39, 0.29) is 12.1 Å². The van der Waals surface area contributed by atoms with Gasteiger partial charge < -0.3 is 10.1 Å². The Labute approximate surface area is 154 Å². The second-order valence-corrected chi connectivity index (χ2v) is 6.98. The number of ether oxygens (including phenoxy) is 1. The quantitative estimate of drug-likeness (QED) is 0.711. The molecule has 2 N–H and O–H groups in total. The van der Waals surface area contributed by atoms with E-state index in [0.29, 0.717) is 23.9 Å². The van der Waals surface area contributed by atoms with E-state index in [4.69, 9.17) is 4.74 Å². The second-order valence-electron chi connectivity index (χ2n) is 6.98. The van der Waals surface area contributed by atoms with Crippen LogP contribution in [0.25, 0.3) is 0 Å². The predicted molar refractivity (Wildman–Crippen MR) is 101 cm³/mol. The number of amides is 1. The van der Waals surface area contributed by atoms with E-state index in [1.165, 1.54) is 12.8 Å². The van der Waals surface area contributed by atoms with Crippen molar-refractivity contribution < 1.29 is 9.53 Å². The molecule has 0 radical (unpaired) electrons. The van der Waals surface area contributed by atoms with Gasteiger partial charge in [0.2, 0.25) is 0 Å². The Hall–Kier alpha value is -2.31. The highest BCUT2D eigenvalue weighted by Gasteiger charge is 2.30. The lowest BCUT2D eigenvalue weighted by molar-refractivity contribution is 0.0542. The van der Waals surface area contributed by atoms with Crippen LogP contribution < -0.4 is 10.6 Å².